The molecule has 0 saturated carbocycles. The number of aliphatic hydroxyl groups is 1. The normalized spacial score (nSPS) is 11.6. The SMILES string of the molecule is OCc1cc(CCl)c(F)nc1OC(F)(F)F. The lowest BCUT2D eigenvalue weighted by Gasteiger charge is -2.12. The van der Waals surface area contributed by atoms with Gasteiger partial charge in [0, 0.05) is 11.1 Å². The Morgan fingerprint density at radius 1 is 1.38 bits per heavy atom. The molecule has 90 valence electrons. The lowest BCUT2D eigenvalue weighted by atomic mass is 10.2. The predicted molar refractivity (Wildman–Crippen MR) is 46.4 cm³/mol. The fraction of sp³-hybridized carbons (Fsp3) is 0.375. The number of alkyl halides is 4. The molecule has 0 atom stereocenters. The van der Waals surface area contributed by atoms with Crippen molar-refractivity contribution in [2.45, 2.75) is 18.8 Å². The molecule has 8 heteroatoms. The van der Waals surface area contributed by atoms with Crippen molar-refractivity contribution in [3.63, 3.8) is 0 Å². The first-order valence-corrected chi connectivity index (χ1v) is 4.51. The van der Waals surface area contributed by atoms with Gasteiger partial charge < -0.3 is 9.84 Å². The van der Waals surface area contributed by atoms with Crippen molar-refractivity contribution >= 4 is 11.6 Å². The summed E-state index contributed by atoms with van der Waals surface area (Å²) in [5.74, 6) is -2.44. The fourth-order valence-electron chi connectivity index (χ4n) is 0.969. The van der Waals surface area contributed by atoms with Gasteiger partial charge in [-0.15, -0.1) is 24.8 Å². The number of nitrogens with zero attached hydrogens (tertiary/aromatic N) is 1. The van der Waals surface area contributed by atoms with Gasteiger partial charge in [0.15, 0.2) is 0 Å². The summed E-state index contributed by atoms with van der Waals surface area (Å²) < 4.78 is 52.1. The summed E-state index contributed by atoms with van der Waals surface area (Å²) in [6.07, 6.45) is -4.99. The average molecular weight is 260 g/mol. The van der Waals surface area contributed by atoms with Gasteiger partial charge in [-0.1, -0.05) is 0 Å². The smallest absolute Gasteiger partial charge is 0.391 e. The number of pyridine rings is 1. The molecule has 0 aliphatic carbocycles. The van der Waals surface area contributed by atoms with E-state index in [-0.39, 0.29) is 17.0 Å². The van der Waals surface area contributed by atoms with E-state index in [1.807, 2.05) is 0 Å². The second-order valence-electron chi connectivity index (χ2n) is 2.74. The lowest BCUT2D eigenvalue weighted by Crippen LogP contribution is -2.19. The van der Waals surface area contributed by atoms with Crippen LogP contribution in [0.2, 0.25) is 0 Å². The van der Waals surface area contributed by atoms with Crippen molar-refractivity contribution in [3.8, 4) is 5.88 Å². The summed E-state index contributed by atoms with van der Waals surface area (Å²) in [6.45, 7) is -0.761. The largest absolute Gasteiger partial charge is 0.574 e. The molecular formula is C8H6ClF4NO2. The van der Waals surface area contributed by atoms with E-state index in [9.17, 15) is 17.6 Å². The van der Waals surface area contributed by atoms with Crippen molar-refractivity contribution in [3.05, 3.63) is 23.1 Å². The van der Waals surface area contributed by atoms with Crippen LogP contribution in [0.3, 0.4) is 0 Å². The molecule has 0 aromatic carbocycles. The summed E-state index contributed by atoms with van der Waals surface area (Å²) in [6, 6.07) is 0.969. The number of rotatable bonds is 3. The molecule has 0 spiro atoms. The van der Waals surface area contributed by atoms with Gasteiger partial charge in [-0.05, 0) is 6.07 Å². The topological polar surface area (TPSA) is 42.4 Å². The molecule has 0 aliphatic heterocycles. The van der Waals surface area contributed by atoms with E-state index in [2.05, 4.69) is 9.72 Å². The first kappa shape index (κ1) is 13.0. The van der Waals surface area contributed by atoms with Crippen LogP contribution in [0.5, 0.6) is 5.88 Å². The average Bonchev–Trinajstić information content (AvgIpc) is 2.16. The zero-order valence-corrected chi connectivity index (χ0v) is 8.44. The van der Waals surface area contributed by atoms with Crippen LogP contribution in [0.1, 0.15) is 11.1 Å². The third-order valence-electron chi connectivity index (χ3n) is 1.61. The summed E-state index contributed by atoms with van der Waals surface area (Å²) >= 11 is 5.32. The van der Waals surface area contributed by atoms with Crippen molar-refractivity contribution in [1.82, 2.24) is 4.98 Å². The van der Waals surface area contributed by atoms with Gasteiger partial charge >= 0.3 is 6.36 Å². The second kappa shape index (κ2) is 4.84. The number of aliphatic hydroxyl groups excluding tert-OH is 1. The predicted octanol–water partition coefficient (Wildman–Crippen LogP) is 2.35. The summed E-state index contributed by atoms with van der Waals surface area (Å²) in [5, 5.41) is 8.77. The minimum absolute atomic E-state index is 0.111. The minimum atomic E-state index is -4.99. The molecule has 0 amide bonds. The zero-order chi connectivity index (χ0) is 12.3. The van der Waals surface area contributed by atoms with E-state index in [4.69, 9.17) is 16.7 Å². The number of halogens is 5. The number of aromatic nitrogens is 1. The summed E-state index contributed by atoms with van der Waals surface area (Å²) in [7, 11) is 0. The molecule has 1 N–H and O–H groups in total. The maximum Gasteiger partial charge on any atom is 0.574 e. The Kier molecular flexibility index (Phi) is 3.93. The highest BCUT2D eigenvalue weighted by Gasteiger charge is 2.33. The maximum absolute atomic E-state index is 13.0. The first-order valence-electron chi connectivity index (χ1n) is 3.98. The molecule has 0 fully saturated rings. The van der Waals surface area contributed by atoms with E-state index >= 15 is 0 Å². The van der Waals surface area contributed by atoms with Gasteiger partial charge in [-0.25, -0.2) is 0 Å². The van der Waals surface area contributed by atoms with Crippen molar-refractivity contribution < 1.29 is 27.4 Å². The van der Waals surface area contributed by atoms with E-state index in [0.29, 0.717) is 0 Å². The Labute approximate surface area is 92.6 Å². The molecule has 3 nitrogen and oxygen atoms in total. The molecule has 0 radical (unpaired) electrons. The van der Waals surface area contributed by atoms with Gasteiger partial charge in [-0.2, -0.15) is 9.37 Å². The van der Waals surface area contributed by atoms with Gasteiger partial charge in [0.25, 0.3) is 0 Å². The van der Waals surface area contributed by atoms with Gasteiger partial charge in [0.1, 0.15) is 0 Å². The van der Waals surface area contributed by atoms with Crippen LogP contribution < -0.4 is 4.74 Å². The molecule has 1 aromatic heterocycles. The first-order chi connectivity index (χ1) is 7.37. The monoisotopic (exact) mass is 259 g/mol. The van der Waals surface area contributed by atoms with Crippen LogP contribution in [0, 0.1) is 5.95 Å². The number of ether oxygens (including phenoxy) is 1. The Morgan fingerprint density at radius 2 is 2.00 bits per heavy atom. The molecular weight excluding hydrogens is 254 g/mol. The highest BCUT2D eigenvalue weighted by atomic mass is 35.5. The minimum Gasteiger partial charge on any atom is -0.391 e. The summed E-state index contributed by atoms with van der Waals surface area (Å²) in [5.41, 5.74) is -0.394. The third kappa shape index (κ3) is 3.21. The van der Waals surface area contributed by atoms with Crippen LogP contribution in [0.25, 0.3) is 0 Å². The van der Waals surface area contributed by atoms with Gasteiger partial charge in [0.05, 0.1) is 12.5 Å². The van der Waals surface area contributed by atoms with Gasteiger partial charge in [0.2, 0.25) is 11.8 Å². The van der Waals surface area contributed by atoms with E-state index in [1.165, 1.54) is 0 Å². The molecule has 1 aromatic rings. The Hall–Kier alpha value is -1.08. The third-order valence-corrected chi connectivity index (χ3v) is 1.90. The number of hydrogen-bond acceptors (Lipinski definition) is 3. The second-order valence-corrected chi connectivity index (χ2v) is 3.01. The Balaban J connectivity index is 3.13. The van der Waals surface area contributed by atoms with Crippen LogP contribution in [0.15, 0.2) is 6.07 Å². The standard InChI is InChI=1S/C8H6ClF4NO2/c9-2-4-1-5(3-15)7(14-6(4)10)16-8(11,12)13/h1,15H,2-3H2. The molecule has 0 bridgehead atoms. The molecule has 16 heavy (non-hydrogen) atoms. The zero-order valence-electron chi connectivity index (χ0n) is 7.68. The van der Waals surface area contributed by atoms with Crippen LogP contribution >= 0.6 is 11.6 Å². The van der Waals surface area contributed by atoms with E-state index < -0.39 is 24.8 Å². The molecule has 0 unspecified atom stereocenters. The molecule has 0 aliphatic rings. The molecule has 0 saturated heterocycles. The Bertz CT molecular complexity index is 383. The van der Waals surface area contributed by atoms with E-state index in [0.717, 1.165) is 6.07 Å². The van der Waals surface area contributed by atoms with E-state index in [1.54, 1.807) is 0 Å². The van der Waals surface area contributed by atoms with Crippen LogP contribution in [-0.2, 0) is 12.5 Å². The fourth-order valence-corrected chi connectivity index (χ4v) is 1.16. The highest BCUT2D eigenvalue weighted by molar-refractivity contribution is 6.17. The Morgan fingerprint density at radius 3 is 2.44 bits per heavy atom. The van der Waals surface area contributed by atoms with Crippen molar-refractivity contribution in [2.24, 2.45) is 0 Å². The van der Waals surface area contributed by atoms with Crippen molar-refractivity contribution in [1.29, 1.82) is 0 Å². The van der Waals surface area contributed by atoms with Gasteiger partial charge in [-0.3, -0.25) is 0 Å². The molecule has 1 heterocycles. The summed E-state index contributed by atoms with van der Waals surface area (Å²) in [4.78, 5) is 2.95. The molecule has 1 rings (SSSR count). The van der Waals surface area contributed by atoms with Crippen LogP contribution in [-0.4, -0.2) is 16.5 Å². The lowest BCUT2D eigenvalue weighted by molar-refractivity contribution is -0.276. The number of hydrogen-bond donors (Lipinski definition) is 1. The maximum atomic E-state index is 13.0. The quantitative estimate of drug-likeness (QED) is 0.515. The van der Waals surface area contributed by atoms with Crippen LogP contribution in [0.4, 0.5) is 17.6 Å². The highest BCUT2D eigenvalue weighted by Crippen LogP contribution is 2.26. The van der Waals surface area contributed by atoms with Crippen molar-refractivity contribution in [2.75, 3.05) is 0 Å².